The van der Waals surface area contributed by atoms with Crippen molar-refractivity contribution in [3.05, 3.63) is 12.2 Å². The average Bonchev–Trinajstić information content (AvgIpc) is 2.09. The number of halogens is 3. The van der Waals surface area contributed by atoms with Gasteiger partial charge in [0.15, 0.2) is 0 Å². The van der Waals surface area contributed by atoms with Crippen LogP contribution in [0.25, 0.3) is 0 Å². The third kappa shape index (κ3) is 5.61. The van der Waals surface area contributed by atoms with Crippen molar-refractivity contribution in [3.8, 4) is 0 Å². The van der Waals surface area contributed by atoms with E-state index in [2.05, 4.69) is 6.58 Å². The molecule has 0 bridgehead atoms. The van der Waals surface area contributed by atoms with Crippen molar-refractivity contribution in [1.82, 2.24) is 0 Å². The van der Waals surface area contributed by atoms with Gasteiger partial charge in [-0.1, -0.05) is 54.7 Å². The van der Waals surface area contributed by atoms with Crippen LogP contribution in [0, 0.1) is 0 Å². The molecule has 0 aromatic carbocycles. The van der Waals surface area contributed by atoms with Gasteiger partial charge in [-0.2, -0.15) is 0 Å². The summed E-state index contributed by atoms with van der Waals surface area (Å²) in [4.78, 5) is 10.7. The van der Waals surface area contributed by atoms with Gasteiger partial charge in [0.2, 0.25) is 3.79 Å². The number of ether oxygens (including phenoxy) is 1. The lowest BCUT2D eigenvalue weighted by molar-refractivity contribution is -0.134. The lowest BCUT2D eigenvalue weighted by atomic mass is 10.2. The quantitative estimate of drug-likeness (QED) is 0.460. The number of alkyl halides is 3. The molecule has 0 aliphatic rings. The van der Waals surface area contributed by atoms with Crippen molar-refractivity contribution < 1.29 is 14.6 Å². The number of aliphatic carboxylic acids is 1. The molecule has 0 saturated heterocycles. The highest BCUT2D eigenvalue weighted by Crippen LogP contribution is 2.35. The van der Waals surface area contributed by atoms with Crippen molar-refractivity contribution in [2.45, 2.75) is 29.7 Å². The van der Waals surface area contributed by atoms with Gasteiger partial charge in [0.1, 0.15) is 6.10 Å². The third-order valence-corrected chi connectivity index (χ3v) is 2.27. The second kappa shape index (κ2) is 6.59. The summed E-state index contributed by atoms with van der Waals surface area (Å²) < 4.78 is 3.38. The minimum absolute atomic E-state index is 0.258. The fourth-order valence-electron chi connectivity index (χ4n) is 0.850. The zero-order valence-corrected chi connectivity index (χ0v) is 10.6. The number of carboxylic acid groups (broad SMARTS) is 1. The summed E-state index contributed by atoms with van der Waals surface area (Å²) in [7, 11) is 0. The highest BCUT2D eigenvalue weighted by atomic mass is 35.6. The summed E-state index contributed by atoms with van der Waals surface area (Å²) in [5, 5.41) is 8.72. The molecule has 6 heteroatoms. The Morgan fingerprint density at radius 1 is 1.53 bits per heavy atom. The van der Waals surface area contributed by atoms with E-state index in [1.165, 1.54) is 0 Å². The van der Waals surface area contributed by atoms with E-state index in [0.29, 0.717) is 6.61 Å². The van der Waals surface area contributed by atoms with Gasteiger partial charge in [-0.25, -0.2) is 4.79 Å². The Kier molecular flexibility index (Phi) is 6.60. The molecule has 88 valence electrons. The molecule has 1 unspecified atom stereocenters. The SMILES string of the molecule is C=C(C(=O)O)C(OCCCC)C(Cl)(Cl)Cl. The van der Waals surface area contributed by atoms with E-state index in [1.807, 2.05) is 6.92 Å². The molecule has 0 fully saturated rings. The van der Waals surface area contributed by atoms with E-state index in [4.69, 9.17) is 44.6 Å². The molecule has 0 saturated carbocycles. The molecule has 0 spiro atoms. The molecule has 0 heterocycles. The highest BCUT2D eigenvalue weighted by Gasteiger charge is 2.38. The maximum Gasteiger partial charge on any atom is 0.333 e. The Morgan fingerprint density at radius 2 is 2.07 bits per heavy atom. The first-order chi connectivity index (χ1) is 6.80. The molecule has 1 atom stereocenters. The van der Waals surface area contributed by atoms with E-state index < -0.39 is 15.9 Å². The molecular formula is C9H13Cl3O3. The van der Waals surface area contributed by atoms with Crippen LogP contribution in [0.3, 0.4) is 0 Å². The summed E-state index contributed by atoms with van der Waals surface area (Å²) in [6.07, 6.45) is 0.558. The summed E-state index contributed by atoms with van der Waals surface area (Å²) in [6.45, 7) is 5.63. The molecule has 0 radical (unpaired) electrons. The first kappa shape index (κ1) is 15.0. The third-order valence-electron chi connectivity index (χ3n) is 1.67. The molecule has 0 aliphatic carbocycles. The Hall–Kier alpha value is 0.0400. The largest absolute Gasteiger partial charge is 0.478 e. The van der Waals surface area contributed by atoms with Crippen LogP contribution >= 0.6 is 34.8 Å². The first-order valence-corrected chi connectivity index (χ1v) is 5.54. The molecule has 0 aliphatic heterocycles. The van der Waals surface area contributed by atoms with Crippen LogP contribution in [0.4, 0.5) is 0 Å². The summed E-state index contributed by atoms with van der Waals surface area (Å²) in [5.74, 6) is -1.23. The number of unbranched alkanes of at least 4 members (excludes halogenated alkanes) is 1. The van der Waals surface area contributed by atoms with Crippen molar-refractivity contribution in [2.24, 2.45) is 0 Å². The molecule has 0 rings (SSSR count). The monoisotopic (exact) mass is 274 g/mol. The van der Waals surface area contributed by atoms with Crippen LogP contribution in [0.5, 0.6) is 0 Å². The molecule has 1 N–H and O–H groups in total. The summed E-state index contributed by atoms with van der Waals surface area (Å²) >= 11 is 16.8. The van der Waals surface area contributed by atoms with E-state index in [0.717, 1.165) is 12.8 Å². The molecule has 3 nitrogen and oxygen atoms in total. The van der Waals surface area contributed by atoms with Crippen LogP contribution in [0.1, 0.15) is 19.8 Å². The number of carboxylic acids is 1. The van der Waals surface area contributed by atoms with Crippen LogP contribution in [0.15, 0.2) is 12.2 Å². The zero-order chi connectivity index (χ0) is 12.1. The topological polar surface area (TPSA) is 46.5 Å². The van der Waals surface area contributed by atoms with Crippen LogP contribution in [0.2, 0.25) is 0 Å². The number of hydrogen-bond acceptors (Lipinski definition) is 2. The highest BCUT2D eigenvalue weighted by molar-refractivity contribution is 6.68. The first-order valence-electron chi connectivity index (χ1n) is 4.41. The van der Waals surface area contributed by atoms with Gasteiger partial charge in [-0.05, 0) is 6.42 Å². The predicted molar refractivity (Wildman–Crippen MR) is 61.7 cm³/mol. The number of rotatable bonds is 6. The lowest BCUT2D eigenvalue weighted by Crippen LogP contribution is -2.33. The fraction of sp³-hybridized carbons (Fsp3) is 0.667. The summed E-state index contributed by atoms with van der Waals surface area (Å²) in [6, 6.07) is 0. The van der Waals surface area contributed by atoms with Crippen LogP contribution in [-0.2, 0) is 9.53 Å². The summed E-state index contributed by atoms with van der Waals surface area (Å²) in [5.41, 5.74) is -0.258. The van der Waals surface area contributed by atoms with Gasteiger partial charge >= 0.3 is 5.97 Å². The number of carbonyl (C=O) groups is 1. The Balaban J connectivity index is 4.46. The molecule has 15 heavy (non-hydrogen) atoms. The molecule has 0 amide bonds. The average molecular weight is 276 g/mol. The van der Waals surface area contributed by atoms with Crippen molar-refractivity contribution >= 4 is 40.8 Å². The zero-order valence-electron chi connectivity index (χ0n) is 8.30. The second-order valence-corrected chi connectivity index (χ2v) is 5.35. The van der Waals surface area contributed by atoms with Gasteiger partial charge in [0.05, 0.1) is 5.57 Å². The number of hydrogen-bond donors (Lipinski definition) is 1. The molecule has 0 aromatic rings. The van der Waals surface area contributed by atoms with Crippen molar-refractivity contribution in [2.75, 3.05) is 6.61 Å². The Morgan fingerprint density at radius 3 is 2.40 bits per heavy atom. The lowest BCUT2D eigenvalue weighted by Gasteiger charge is -2.24. The van der Waals surface area contributed by atoms with Crippen molar-refractivity contribution in [1.29, 1.82) is 0 Å². The van der Waals surface area contributed by atoms with Crippen molar-refractivity contribution in [3.63, 3.8) is 0 Å². The van der Waals surface area contributed by atoms with Crippen LogP contribution in [-0.4, -0.2) is 27.6 Å². The second-order valence-electron chi connectivity index (χ2n) is 2.98. The molecular weight excluding hydrogens is 262 g/mol. The standard InChI is InChI=1S/C9H13Cl3O3/c1-3-4-5-15-7(9(10,11)12)6(2)8(13)14/h7H,2-5H2,1H3,(H,13,14). The van der Waals surface area contributed by atoms with Gasteiger partial charge in [-0.15, -0.1) is 0 Å². The maximum absolute atomic E-state index is 10.7. The van der Waals surface area contributed by atoms with Gasteiger partial charge in [0, 0.05) is 6.61 Å². The van der Waals surface area contributed by atoms with Crippen LogP contribution < -0.4 is 0 Å². The smallest absolute Gasteiger partial charge is 0.333 e. The fourth-order valence-corrected chi connectivity index (χ4v) is 1.43. The predicted octanol–water partition coefficient (Wildman–Crippen LogP) is 3.18. The Labute approximate surface area is 104 Å². The van der Waals surface area contributed by atoms with E-state index >= 15 is 0 Å². The van der Waals surface area contributed by atoms with Gasteiger partial charge in [0.25, 0.3) is 0 Å². The van der Waals surface area contributed by atoms with E-state index in [9.17, 15) is 4.79 Å². The molecule has 0 aromatic heterocycles. The Bertz CT molecular complexity index is 235. The minimum Gasteiger partial charge on any atom is -0.478 e. The normalized spacial score (nSPS) is 13.6. The minimum atomic E-state index is -1.82. The van der Waals surface area contributed by atoms with Gasteiger partial charge in [-0.3, -0.25) is 0 Å². The van der Waals surface area contributed by atoms with E-state index in [1.54, 1.807) is 0 Å². The van der Waals surface area contributed by atoms with E-state index in [-0.39, 0.29) is 5.57 Å². The maximum atomic E-state index is 10.7. The van der Waals surface area contributed by atoms with Gasteiger partial charge < -0.3 is 9.84 Å².